The van der Waals surface area contributed by atoms with Gasteiger partial charge in [0.05, 0.1) is 0 Å². The van der Waals surface area contributed by atoms with E-state index in [1.807, 2.05) is 6.92 Å². The first-order valence-electron chi connectivity index (χ1n) is 4.94. The van der Waals surface area contributed by atoms with Gasteiger partial charge >= 0.3 is 0 Å². The number of aromatic amines is 1. The maximum Gasteiger partial charge on any atom is 0.195 e. The van der Waals surface area contributed by atoms with Gasteiger partial charge in [-0.15, -0.1) is 0 Å². The Morgan fingerprint density at radius 1 is 1.50 bits per heavy atom. The second-order valence-corrected chi connectivity index (χ2v) is 5.34. The molecule has 0 aliphatic heterocycles. The van der Waals surface area contributed by atoms with Crippen molar-refractivity contribution in [3.63, 3.8) is 0 Å². The van der Waals surface area contributed by atoms with Gasteiger partial charge in [-0.05, 0) is 30.5 Å². The highest BCUT2D eigenvalue weighted by Crippen LogP contribution is 2.26. The Balaban J connectivity index is 2.85. The highest BCUT2D eigenvalue weighted by atomic mass is 32.1. The van der Waals surface area contributed by atoms with Crippen LogP contribution in [-0.4, -0.2) is 14.8 Å². The average molecular weight is 213 g/mol. The van der Waals surface area contributed by atoms with Crippen molar-refractivity contribution in [2.24, 2.45) is 11.3 Å². The Labute approximate surface area is 90.5 Å². The lowest BCUT2D eigenvalue weighted by Gasteiger charge is -2.27. The van der Waals surface area contributed by atoms with Crippen LogP contribution in [0.4, 0.5) is 0 Å². The molecule has 0 aromatic carbocycles. The first-order valence-corrected chi connectivity index (χ1v) is 5.35. The molecule has 1 N–H and O–H groups in total. The molecule has 0 radical (unpaired) electrons. The number of nitrogens with zero attached hydrogens (tertiary/aromatic N) is 2. The second-order valence-electron chi connectivity index (χ2n) is 4.95. The summed E-state index contributed by atoms with van der Waals surface area (Å²) >= 11 is 5.16. The lowest BCUT2D eigenvalue weighted by molar-refractivity contribution is 0.230. The third kappa shape index (κ3) is 2.44. The summed E-state index contributed by atoms with van der Waals surface area (Å²) in [7, 11) is 0. The van der Waals surface area contributed by atoms with Gasteiger partial charge in [0.1, 0.15) is 5.82 Å². The van der Waals surface area contributed by atoms with Gasteiger partial charge < -0.3 is 4.57 Å². The van der Waals surface area contributed by atoms with Gasteiger partial charge in [-0.2, -0.15) is 5.10 Å². The first kappa shape index (κ1) is 11.4. The average Bonchev–Trinajstić information content (AvgIpc) is 2.34. The predicted molar refractivity (Wildman–Crippen MR) is 60.8 cm³/mol. The molecule has 1 atom stereocenters. The second kappa shape index (κ2) is 3.85. The van der Waals surface area contributed by atoms with E-state index in [-0.39, 0.29) is 0 Å². The zero-order valence-corrected chi connectivity index (χ0v) is 10.4. The molecule has 0 aliphatic carbocycles. The molecular formula is C10H19N3S. The maximum absolute atomic E-state index is 5.16. The topological polar surface area (TPSA) is 33.6 Å². The van der Waals surface area contributed by atoms with Crippen LogP contribution in [0.25, 0.3) is 0 Å². The minimum atomic E-state index is 0.304. The van der Waals surface area contributed by atoms with Gasteiger partial charge in [0.15, 0.2) is 4.77 Å². The Kier molecular flexibility index (Phi) is 3.14. The highest BCUT2D eigenvalue weighted by Gasteiger charge is 2.21. The lowest BCUT2D eigenvalue weighted by atomic mass is 9.82. The Hall–Kier alpha value is -0.640. The predicted octanol–water partition coefficient (Wildman–Crippen LogP) is 2.93. The fraction of sp³-hybridized carbons (Fsp3) is 0.800. The Morgan fingerprint density at radius 3 is 2.43 bits per heavy atom. The summed E-state index contributed by atoms with van der Waals surface area (Å²) in [6.45, 7) is 11.9. The van der Waals surface area contributed by atoms with Crippen molar-refractivity contribution >= 4 is 12.2 Å². The van der Waals surface area contributed by atoms with Crippen molar-refractivity contribution in [1.29, 1.82) is 0 Å². The molecule has 1 unspecified atom stereocenters. The molecule has 80 valence electrons. The van der Waals surface area contributed by atoms with Crippen LogP contribution in [0.15, 0.2) is 0 Å². The number of aryl methyl sites for hydroxylation is 1. The monoisotopic (exact) mass is 213 g/mol. The van der Waals surface area contributed by atoms with Crippen molar-refractivity contribution in [2.75, 3.05) is 0 Å². The van der Waals surface area contributed by atoms with Gasteiger partial charge in [0.2, 0.25) is 0 Å². The third-order valence-electron chi connectivity index (χ3n) is 2.88. The van der Waals surface area contributed by atoms with Crippen molar-refractivity contribution in [2.45, 2.75) is 41.2 Å². The van der Waals surface area contributed by atoms with E-state index in [0.717, 1.165) is 17.1 Å². The molecule has 0 amide bonds. The number of hydrogen-bond donors (Lipinski definition) is 1. The fourth-order valence-corrected chi connectivity index (χ4v) is 1.41. The van der Waals surface area contributed by atoms with E-state index in [0.29, 0.717) is 11.3 Å². The molecule has 1 rings (SSSR count). The van der Waals surface area contributed by atoms with Gasteiger partial charge in [0, 0.05) is 6.54 Å². The van der Waals surface area contributed by atoms with Gasteiger partial charge in [0.25, 0.3) is 0 Å². The van der Waals surface area contributed by atoms with E-state index >= 15 is 0 Å². The fourth-order valence-electron chi connectivity index (χ4n) is 1.16. The number of hydrogen-bond acceptors (Lipinski definition) is 2. The normalized spacial score (nSPS) is 14.4. The molecular weight excluding hydrogens is 194 g/mol. The first-order chi connectivity index (χ1) is 6.32. The molecule has 1 heterocycles. The SMILES string of the molecule is Cc1n[nH]c(=S)n1CC(C)C(C)(C)C. The summed E-state index contributed by atoms with van der Waals surface area (Å²) in [4.78, 5) is 0. The zero-order chi connectivity index (χ0) is 10.9. The number of aromatic nitrogens is 3. The van der Waals surface area contributed by atoms with E-state index in [1.165, 1.54) is 0 Å². The van der Waals surface area contributed by atoms with Crippen LogP contribution < -0.4 is 0 Å². The van der Waals surface area contributed by atoms with Crippen molar-refractivity contribution in [1.82, 2.24) is 14.8 Å². The van der Waals surface area contributed by atoms with E-state index in [1.54, 1.807) is 0 Å². The van der Waals surface area contributed by atoms with Crippen molar-refractivity contribution in [3.05, 3.63) is 10.6 Å². The number of nitrogens with one attached hydrogen (secondary N) is 1. The minimum Gasteiger partial charge on any atom is -0.304 e. The molecule has 3 nitrogen and oxygen atoms in total. The van der Waals surface area contributed by atoms with E-state index in [4.69, 9.17) is 12.2 Å². The molecule has 1 aromatic heterocycles. The summed E-state index contributed by atoms with van der Waals surface area (Å²) in [6.07, 6.45) is 0. The van der Waals surface area contributed by atoms with E-state index in [9.17, 15) is 0 Å². The standard InChI is InChI=1S/C10H19N3S/c1-7(10(3,4)5)6-13-8(2)11-12-9(13)14/h7H,6H2,1-5H3,(H,12,14). The van der Waals surface area contributed by atoms with Crippen LogP contribution in [0.1, 0.15) is 33.5 Å². The smallest absolute Gasteiger partial charge is 0.195 e. The molecule has 0 bridgehead atoms. The van der Waals surface area contributed by atoms with E-state index < -0.39 is 0 Å². The number of H-pyrrole nitrogens is 1. The molecule has 0 saturated heterocycles. The summed E-state index contributed by atoms with van der Waals surface area (Å²) in [5.74, 6) is 1.54. The summed E-state index contributed by atoms with van der Waals surface area (Å²) in [6, 6.07) is 0. The van der Waals surface area contributed by atoms with Crippen LogP contribution >= 0.6 is 12.2 Å². The molecule has 0 spiro atoms. The highest BCUT2D eigenvalue weighted by molar-refractivity contribution is 7.71. The van der Waals surface area contributed by atoms with Crippen LogP contribution in [0.2, 0.25) is 0 Å². The Bertz CT molecular complexity index is 356. The molecule has 4 heteroatoms. The molecule has 1 aromatic rings. The quantitative estimate of drug-likeness (QED) is 0.766. The van der Waals surface area contributed by atoms with E-state index in [2.05, 4.69) is 42.5 Å². The number of rotatable bonds is 2. The summed E-state index contributed by atoms with van der Waals surface area (Å²) in [5.41, 5.74) is 0.304. The maximum atomic E-state index is 5.16. The van der Waals surface area contributed by atoms with Gasteiger partial charge in [-0.25, -0.2) is 0 Å². The van der Waals surface area contributed by atoms with Crippen molar-refractivity contribution in [3.8, 4) is 0 Å². The zero-order valence-electron chi connectivity index (χ0n) is 9.59. The summed E-state index contributed by atoms with van der Waals surface area (Å²) in [5, 5.41) is 6.91. The molecule has 14 heavy (non-hydrogen) atoms. The third-order valence-corrected chi connectivity index (χ3v) is 3.20. The molecule has 0 saturated carbocycles. The molecule has 0 fully saturated rings. The lowest BCUT2D eigenvalue weighted by Crippen LogP contribution is -2.23. The molecule has 0 aliphatic rings. The Morgan fingerprint density at radius 2 is 2.07 bits per heavy atom. The van der Waals surface area contributed by atoms with Gasteiger partial charge in [-0.3, -0.25) is 5.10 Å². The largest absolute Gasteiger partial charge is 0.304 e. The van der Waals surface area contributed by atoms with Crippen LogP contribution in [0.5, 0.6) is 0 Å². The summed E-state index contributed by atoms with van der Waals surface area (Å²) < 4.78 is 2.78. The van der Waals surface area contributed by atoms with Crippen LogP contribution in [0, 0.1) is 23.0 Å². The van der Waals surface area contributed by atoms with Crippen LogP contribution in [0.3, 0.4) is 0 Å². The van der Waals surface area contributed by atoms with Crippen LogP contribution in [-0.2, 0) is 6.54 Å². The van der Waals surface area contributed by atoms with Gasteiger partial charge in [-0.1, -0.05) is 27.7 Å². The minimum absolute atomic E-state index is 0.304. The van der Waals surface area contributed by atoms with Crippen molar-refractivity contribution < 1.29 is 0 Å².